The van der Waals surface area contributed by atoms with Gasteiger partial charge in [0.2, 0.25) is 0 Å². The van der Waals surface area contributed by atoms with Gasteiger partial charge in [-0.2, -0.15) is 0 Å². The lowest BCUT2D eigenvalue weighted by Crippen LogP contribution is -2.23. The molecule has 0 radical (unpaired) electrons. The van der Waals surface area contributed by atoms with Crippen LogP contribution >= 0.6 is 0 Å². The van der Waals surface area contributed by atoms with E-state index in [1.54, 1.807) is 0 Å². The first-order valence-electron chi connectivity index (χ1n) is 25.2. The first-order chi connectivity index (χ1) is 33.2. The summed E-state index contributed by atoms with van der Waals surface area (Å²) in [5.41, 5.74) is 25.7. The van der Waals surface area contributed by atoms with Crippen molar-refractivity contribution in [2.75, 3.05) is 10.2 Å². The highest BCUT2D eigenvalue weighted by molar-refractivity contribution is 6.20. The van der Waals surface area contributed by atoms with Gasteiger partial charge in [-0.25, -0.2) is 0 Å². The average Bonchev–Trinajstić information content (AvgIpc) is 3.72. The lowest BCUT2D eigenvalue weighted by molar-refractivity contribution is 0.446. The fourth-order valence-electron chi connectivity index (χ4n) is 12.9. The molecule has 1 N–H and O–H groups in total. The van der Waals surface area contributed by atoms with Crippen LogP contribution in [0.5, 0.6) is 0 Å². The maximum absolute atomic E-state index is 4.10. The Hall–Kier alpha value is -7.16. The highest BCUT2D eigenvalue weighted by Gasteiger charge is 2.41. The molecule has 0 saturated carbocycles. The van der Waals surface area contributed by atoms with E-state index in [1.807, 2.05) is 0 Å². The molecule has 0 saturated heterocycles. The van der Waals surface area contributed by atoms with Crippen LogP contribution < -0.4 is 10.2 Å². The molecule has 9 aromatic rings. The lowest BCUT2D eigenvalue weighted by atomic mass is 9.68. The van der Waals surface area contributed by atoms with E-state index in [1.165, 1.54) is 128 Å². The number of aryl methyl sites for hydroxylation is 4. The largest absolute Gasteiger partial charge is 0.355 e. The molecule has 340 valence electrons. The molecule has 2 nitrogen and oxygen atoms in total. The second-order valence-electron chi connectivity index (χ2n) is 21.9. The molecule has 3 aliphatic rings. The number of rotatable bonds is 7. The molecule has 0 unspecified atom stereocenters. The number of anilines is 5. The first kappa shape index (κ1) is 43.1. The van der Waals surface area contributed by atoms with Crippen molar-refractivity contribution in [2.24, 2.45) is 5.41 Å². The first-order valence-corrected chi connectivity index (χ1v) is 25.2. The van der Waals surface area contributed by atoms with Gasteiger partial charge in [0, 0.05) is 33.3 Å². The molecular formula is C67H62N2. The third-order valence-electron chi connectivity index (χ3n) is 16.3. The molecule has 3 aliphatic carbocycles. The Kier molecular flexibility index (Phi) is 9.81. The van der Waals surface area contributed by atoms with Crippen molar-refractivity contribution in [1.29, 1.82) is 0 Å². The van der Waals surface area contributed by atoms with Crippen molar-refractivity contribution >= 4 is 61.6 Å². The zero-order valence-corrected chi connectivity index (χ0v) is 41.7. The summed E-state index contributed by atoms with van der Waals surface area (Å²) in [6.07, 6.45) is 5.48. The van der Waals surface area contributed by atoms with Crippen LogP contribution in [-0.2, 0) is 23.7 Å². The lowest BCUT2D eigenvalue weighted by Gasteiger charge is -2.38. The summed E-state index contributed by atoms with van der Waals surface area (Å²) in [5.74, 6) is 0. The Labute approximate surface area is 409 Å². The molecule has 0 aromatic heterocycles. The second-order valence-corrected chi connectivity index (χ2v) is 21.9. The molecular weight excluding hydrogens is 833 g/mol. The fourth-order valence-corrected chi connectivity index (χ4v) is 12.9. The number of nitrogens with zero attached hydrogens (tertiary/aromatic N) is 1. The second kappa shape index (κ2) is 15.7. The van der Waals surface area contributed by atoms with E-state index < -0.39 is 0 Å². The summed E-state index contributed by atoms with van der Waals surface area (Å²) >= 11 is 0. The van der Waals surface area contributed by atoms with Crippen molar-refractivity contribution in [3.05, 3.63) is 219 Å². The van der Waals surface area contributed by atoms with Gasteiger partial charge in [-0.1, -0.05) is 181 Å². The summed E-state index contributed by atoms with van der Waals surface area (Å²) in [4.78, 5) is 2.62. The van der Waals surface area contributed by atoms with E-state index in [0.29, 0.717) is 0 Å². The minimum atomic E-state index is -0.209. The van der Waals surface area contributed by atoms with Gasteiger partial charge in [0.05, 0.1) is 11.4 Å². The summed E-state index contributed by atoms with van der Waals surface area (Å²) < 4.78 is 0. The van der Waals surface area contributed by atoms with E-state index in [0.717, 1.165) is 24.9 Å². The average molecular weight is 895 g/mol. The van der Waals surface area contributed by atoms with Crippen molar-refractivity contribution in [3.8, 4) is 22.3 Å². The molecule has 0 atom stereocenters. The van der Waals surface area contributed by atoms with Crippen molar-refractivity contribution in [3.63, 3.8) is 0 Å². The Morgan fingerprint density at radius 1 is 0.551 bits per heavy atom. The predicted octanol–water partition coefficient (Wildman–Crippen LogP) is 18.5. The minimum absolute atomic E-state index is 0.0612. The van der Waals surface area contributed by atoms with Gasteiger partial charge in [0.15, 0.2) is 0 Å². The highest BCUT2D eigenvalue weighted by atomic mass is 15.1. The maximum atomic E-state index is 4.10. The van der Waals surface area contributed by atoms with Gasteiger partial charge < -0.3 is 10.2 Å². The quantitative estimate of drug-likeness (QED) is 0.160. The van der Waals surface area contributed by atoms with Crippen LogP contribution in [0.25, 0.3) is 55.4 Å². The molecule has 0 spiro atoms. The number of benzene rings is 9. The van der Waals surface area contributed by atoms with Crippen LogP contribution in [-0.4, -0.2) is 0 Å². The van der Waals surface area contributed by atoms with Crippen LogP contribution in [0.15, 0.2) is 164 Å². The van der Waals surface area contributed by atoms with E-state index in [-0.39, 0.29) is 16.2 Å². The zero-order chi connectivity index (χ0) is 47.6. The normalized spacial score (nSPS) is 16.2. The number of fused-ring (bicyclic) bond motifs is 11. The van der Waals surface area contributed by atoms with Crippen molar-refractivity contribution in [1.82, 2.24) is 0 Å². The minimum Gasteiger partial charge on any atom is -0.355 e. The molecule has 0 amide bonds. The number of nitrogens with one attached hydrogen (secondary N) is 1. The van der Waals surface area contributed by atoms with E-state index in [2.05, 4.69) is 242 Å². The van der Waals surface area contributed by atoms with Crippen LogP contribution in [0.3, 0.4) is 0 Å². The molecule has 0 fully saturated rings. The van der Waals surface area contributed by atoms with Gasteiger partial charge >= 0.3 is 0 Å². The van der Waals surface area contributed by atoms with Gasteiger partial charge in [-0.05, 0) is 175 Å². The third-order valence-corrected chi connectivity index (χ3v) is 16.3. The number of hydrogen-bond acceptors (Lipinski definition) is 2. The SMILES string of the molecule is CCc1cc(Nc2cccc3c2C(C)(C)c2ccccc2-3)cc2c1ccc1c(N(c3cccc(C)c3)c3cccc4c3C(C)(C)c3ccccc3-4)cc3c(c12)/C(=C/c1cccc(C)c1)C(C)(C)CC3. The van der Waals surface area contributed by atoms with Crippen LogP contribution in [0.1, 0.15) is 111 Å². The fraction of sp³-hybridized carbons (Fsp3) is 0.224. The van der Waals surface area contributed by atoms with E-state index in [9.17, 15) is 0 Å². The summed E-state index contributed by atoms with van der Waals surface area (Å²) in [6, 6.07) is 62.4. The van der Waals surface area contributed by atoms with Crippen LogP contribution in [0.4, 0.5) is 28.4 Å². The Bertz CT molecular complexity index is 3630. The van der Waals surface area contributed by atoms with Crippen molar-refractivity contribution < 1.29 is 0 Å². The summed E-state index contributed by atoms with van der Waals surface area (Å²) in [6.45, 7) is 21.3. The van der Waals surface area contributed by atoms with E-state index in [4.69, 9.17) is 0 Å². The predicted molar refractivity (Wildman–Crippen MR) is 296 cm³/mol. The monoisotopic (exact) mass is 894 g/mol. The maximum Gasteiger partial charge on any atom is 0.0543 e. The number of hydrogen-bond donors (Lipinski definition) is 1. The molecule has 0 heterocycles. The zero-order valence-electron chi connectivity index (χ0n) is 41.7. The Morgan fingerprint density at radius 2 is 1.17 bits per heavy atom. The standard InChI is InChI=1S/C67H62N2/c1-10-44-38-46(68-58-29-17-25-51-49-23-11-13-27-55(49)66(6,7)63(51)58)40-54-48(44)31-32-53-60(39-45-33-34-65(4,5)57(61(45)62(53)54)37-43-21-15-19-41(2)35-43)69(47-22-16-20-42(3)36-47)59-30-18-26-52-50-24-12-14-28-56(50)67(8,9)64(52)59/h11-32,35-40,68H,10,33-34H2,1-9H3/b57-37-. The third kappa shape index (κ3) is 6.66. The molecule has 0 aliphatic heterocycles. The highest BCUT2D eigenvalue weighted by Crippen LogP contribution is 2.58. The van der Waals surface area contributed by atoms with Crippen LogP contribution in [0, 0.1) is 19.3 Å². The van der Waals surface area contributed by atoms with Crippen LogP contribution in [0.2, 0.25) is 0 Å². The van der Waals surface area contributed by atoms with Crippen molar-refractivity contribution in [2.45, 2.75) is 92.4 Å². The molecule has 0 bridgehead atoms. The molecule has 2 heteroatoms. The van der Waals surface area contributed by atoms with Gasteiger partial charge in [-0.15, -0.1) is 0 Å². The van der Waals surface area contributed by atoms with Gasteiger partial charge in [0.1, 0.15) is 0 Å². The Balaban J connectivity index is 1.17. The van der Waals surface area contributed by atoms with Gasteiger partial charge in [-0.3, -0.25) is 0 Å². The Morgan fingerprint density at radius 3 is 1.88 bits per heavy atom. The summed E-state index contributed by atoms with van der Waals surface area (Å²) in [7, 11) is 0. The smallest absolute Gasteiger partial charge is 0.0543 e. The topological polar surface area (TPSA) is 15.3 Å². The number of allylic oxidation sites excluding steroid dienone is 1. The van der Waals surface area contributed by atoms with E-state index >= 15 is 0 Å². The molecule has 9 aromatic carbocycles. The van der Waals surface area contributed by atoms with Gasteiger partial charge in [0.25, 0.3) is 0 Å². The molecule has 69 heavy (non-hydrogen) atoms. The summed E-state index contributed by atoms with van der Waals surface area (Å²) in [5, 5.41) is 9.31. The molecule has 12 rings (SSSR count).